The Morgan fingerprint density at radius 3 is 2.64 bits per heavy atom. The summed E-state index contributed by atoms with van der Waals surface area (Å²) in [5.74, 6) is 1.95. The van der Waals surface area contributed by atoms with Crippen LogP contribution in [0.5, 0.6) is 11.5 Å². The van der Waals surface area contributed by atoms with Crippen LogP contribution in [-0.2, 0) is 0 Å². The molecule has 110 valence electrons. The van der Waals surface area contributed by atoms with Gasteiger partial charge in [0.05, 0.1) is 0 Å². The van der Waals surface area contributed by atoms with Gasteiger partial charge in [-0.15, -0.1) is 0 Å². The Morgan fingerprint density at radius 2 is 1.77 bits per heavy atom. The van der Waals surface area contributed by atoms with E-state index in [4.69, 9.17) is 37.1 Å². The first-order valence-corrected chi connectivity index (χ1v) is 7.28. The number of benzene rings is 2. The van der Waals surface area contributed by atoms with Crippen LogP contribution in [0, 0.1) is 0 Å². The lowest BCUT2D eigenvalue weighted by molar-refractivity contribution is 0.174. The molecule has 0 aliphatic carbocycles. The van der Waals surface area contributed by atoms with E-state index in [-0.39, 0.29) is 12.1 Å². The molecular formula is C16H9Cl2NO3. The Labute approximate surface area is 136 Å². The molecule has 1 aromatic heterocycles. The third kappa shape index (κ3) is 2.30. The molecule has 0 saturated carbocycles. The number of aromatic nitrogens is 1. The fourth-order valence-corrected chi connectivity index (χ4v) is 2.71. The average Bonchev–Trinajstić information content (AvgIpc) is 3.12. The molecule has 1 aliphatic heterocycles. The molecule has 0 N–H and O–H groups in total. The summed E-state index contributed by atoms with van der Waals surface area (Å²) in [4.78, 5) is 4.27. The van der Waals surface area contributed by atoms with Crippen molar-refractivity contribution in [2.24, 2.45) is 0 Å². The monoisotopic (exact) mass is 333 g/mol. The summed E-state index contributed by atoms with van der Waals surface area (Å²) < 4.78 is 16.3. The van der Waals surface area contributed by atoms with Crippen LogP contribution in [0.1, 0.15) is 0 Å². The second kappa shape index (κ2) is 5.23. The van der Waals surface area contributed by atoms with Crippen LogP contribution in [0.2, 0.25) is 10.4 Å². The van der Waals surface area contributed by atoms with Crippen molar-refractivity contribution in [2.75, 3.05) is 6.79 Å². The topological polar surface area (TPSA) is 44.5 Å². The Balaban J connectivity index is 1.86. The van der Waals surface area contributed by atoms with Gasteiger partial charge in [-0.1, -0.05) is 23.7 Å². The van der Waals surface area contributed by atoms with Crippen molar-refractivity contribution in [3.05, 3.63) is 52.8 Å². The van der Waals surface area contributed by atoms with Gasteiger partial charge < -0.3 is 13.9 Å². The van der Waals surface area contributed by atoms with Crippen LogP contribution in [0.15, 0.2) is 46.9 Å². The molecule has 0 spiro atoms. The molecule has 0 bridgehead atoms. The number of oxazole rings is 1. The highest BCUT2D eigenvalue weighted by molar-refractivity contribution is 6.31. The van der Waals surface area contributed by atoms with Gasteiger partial charge in [-0.3, -0.25) is 0 Å². The van der Waals surface area contributed by atoms with Gasteiger partial charge in [0.1, 0.15) is 5.69 Å². The fraction of sp³-hybridized carbons (Fsp3) is 0.0625. The highest BCUT2D eigenvalue weighted by atomic mass is 35.5. The van der Waals surface area contributed by atoms with Crippen molar-refractivity contribution >= 4 is 23.2 Å². The SMILES string of the molecule is Clc1cccc(-c2oc(Cl)nc2-c2ccc3c(c2)OCO3)c1. The number of rotatable bonds is 2. The van der Waals surface area contributed by atoms with Gasteiger partial charge in [0.15, 0.2) is 17.3 Å². The van der Waals surface area contributed by atoms with Gasteiger partial charge in [0, 0.05) is 16.1 Å². The molecule has 2 heterocycles. The molecule has 0 saturated heterocycles. The van der Waals surface area contributed by atoms with Crippen molar-refractivity contribution in [1.82, 2.24) is 4.98 Å². The van der Waals surface area contributed by atoms with Crippen molar-refractivity contribution in [3.63, 3.8) is 0 Å². The lowest BCUT2D eigenvalue weighted by atomic mass is 10.1. The van der Waals surface area contributed by atoms with Crippen LogP contribution in [-0.4, -0.2) is 11.8 Å². The predicted molar refractivity (Wildman–Crippen MR) is 83.5 cm³/mol. The highest BCUT2D eigenvalue weighted by Crippen LogP contribution is 2.40. The number of fused-ring (bicyclic) bond motifs is 1. The number of nitrogens with zero attached hydrogens (tertiary/aromatic N) is 1. The summed E-state index contributed by atoms with van der Waals surface area (Å²) in [6.07, 6.45) is 0. The van der Waals surface area contributed by atoms with Crippen LogP contribution < -0.4 is 9.47 Å². The molecule has 0 unspecified atom stereocenters. The third-order valence-electron chi connectivity index (χ3n) is 3.33. The quantitative estimate of drug-likeness (QED) is 0.658. The molecule has 6 heteroatoms. The molecule has 0 fully saturated rings. The lowest BCUT2D eigenvalue weighted by Gasteiger charge is -2.03. The first-order valence-electron chi connectivity index (χ1n) is 6.53. The van der Waals surface area contributed by atoms with E-state index >= 15 is 0 Å². The second-order valence-electron chi connectivity index (χ2n) is 4.72. The van der Waals surface area contributed by atoms with E-state index in [1.807, 2.05) is 30.3 Å². The van der Waals surface area contributed by atoms with E-state index in [2.05, 4.69) is 4.98 Å². The summed E-state index contributed by atoms with van der Waals surface area (Å²) in [7, 11) is 0. The fourth-order valence-electron chi connectivity index (χ4n) is 2.36. The van der Waals surface area contributed by atoms with Crippen LogP contribution >= 0.6 is 23.2 Å². The van der Waals surface area contributed by atoms with E-state index in [0.717, 1.165) is 11.1 Å². The molecule has 0 amide bonds. The van der Waals surface area contributed by atoms with E-state index in [1.54, 1.807) is 12.1 Å². The molecule has 3 aromatic rings. The Bertz CT molecular complexity index is 860. The van der Waals surface area contributed by atoms with Crippen LogP contribution in [0.3, 0.4) is 0 Å². The third-order valence-corrected chi connectivity index (χ3v) is 3.73. The Morgan fingerprint density at radius 1 is 0.909 bits per heavy atom. The maximum atomic E-state index is 6.05. The molecular weight excluding hydrogens is 325 g/mol. The van der Waals surface area contributed by atoms with Crippen molar-refractivity contribution in [3.8, 4) is 34.1 Å². The zero-order valence-corrected chi connectivity index (χ0v) is 12.7. The first-order chi connectivity index (χ1) is 10.7. The maximum Gasteiger partial charge on any atom is 0.293 e. The molecule has 1 aliphatic rings. The van der Waals surface area contributed by atoms with Crippen molar-refractivity contribution in [2.45, 2.75) is 0 Å². The summed E-state index contributed by atoms with van der Waals surface area (Å²) >= 11 is 12.0. The molecule has 0 atom stereocenters. The normalized spacial score (nSPS) is 12.6. The molecule has 4 rings (SSSR count). The van der Waals surface area contributed by atoms with E-state index in [0.29, 0.717) is 28.0 Å². The molecule has 2 aromatic carbocycles. The summed E-state index contributed by atoms with van der Waals surface area (Å²) in [6.45, 7) is 0.222. The number of hydrogen-bond donors (Lipinski definition) is 0. The van der Waals surface area contributed by atoms with Gasteiger partial charge in [-0.2, -0.15) is 4.98 Å². The number of halogens is 2. The maximum absolute atomic E-state index is 6.05. The van der Waals surface area contributed by atoms with Gasteiger partial charge in [-0.05, 0) is 41.9 Å². The number of ether oxygens (including phenoxy) is 2. The minimum absolute atomic E-state index is 0.0719. The van der Waals surface area contributed by atoms with E-state index in [1.165, 1.54) is 0 Å². The largest absolute Gasteiger partial charge is 0.454 e. The van der Waals surface area contributed by atoms with Gasteiger partial charge in [-0.25, -0.2) is 0 Å². The molecule has 4 nitrogen and oxygen atoms in total. The van der Waals surface area contributed by atoms with Crippen molar-refractivity contribution in [1.29, 1.82) is 0 Å². The zero-order valence-electron chi connectivity index (χ0n) is 11.2. The van der Waals surface area contributed by atoms with Gasteiger partial charge in [0.25, 0.3) is 5.35 Å². The highest BCUT2D eigenvalue weighted by Gasteiger charge is 2.20. The summed E-state index contributed by atoms with van der Waals surface area (Å²) in [6, 6.07) is 12.9. The Hall–Kier alpha value is -2.17. The zero-order chi connectivity index (χ0) is 15.1. The molecule has 22 heavy (non-hydrogen) atoms. The van der Waals surface area contributed by atoms with Crippen molar-refractivity contribution < 1.29 is 13.9 Å². The minimum atomic E-state index is 0.0719. The van der Waals surface area contributed by atoms with Gasteiger partial charge >= 0.3 is 0 Å². The Kier molecular flexibility index (Phi) is 3.21. The summed E-state index contributed by atoms with van der Waals surface area (Å²) in [5.41, 5.74) is 2.26. The predicted octanol–water partition coefficient (Wildman–Crippen LogP) is 5.04. The minimum Gasteiger partial charge on any atom is -0.454 e. The average molecular weight is 334 g/mol. The lowest BCUT2D eigenvalue weighted by Crippen LogP contribution is -1.92. The standard InChI is InChI=1S/C16H9Cl2NO3/c17-11-3-1-2-10(6-11)15-14(19-16(18)22-15)9-4-5-12-13(7-9)21-8-20-12/h1-7H,8H2. The number of hydrogen-bond acceptors (Lipinski definition) is 4. The first kappa shape index (κ1) is 13.5. The summed E-state index contributed by atoms with van der Waals surface area (Å²) in [5, 5.41) is 0.685. The smallest absolute Gasteiger partial charge is 0.293 e. The second-order valence-corrected chi connectivity index (χ2v) is 5.48. The van der Waals surface area contributed by atoms with E-state index in [9.17, 15) is 0 Å². The van der Waals surface area contributed by atoms with Crippen LogP contribution in [0.4, 0.5) is 0 Å². The van der Waals surface area contributed by atoms with E-state index < -0.39 is 0 Å². The van der Waals surface area contributed by atoms with Gasteiger partial charge in [0.2, 0.25) is 6.79 Å². The molecule has 0 radical (unpaired) electrons. The van der Waals surface area contributed by atoms with Crippen LogP contribution in [0.25, 0.3) is 22.6 Å².